The summed E-state index contributed by atoms with van der Waals surface area (Å²) in [6.07, 6.45) is 0.0331. The second kappa shape index (κ2) is 6.07. The van der Waals surface area contributed by atoms with E-state index in [1.54, 1.807) is 6.92 Å². The number of carbonyl (C=O) groups is 1. The topological polar surface area (TPSA) is 112 Å². The summed E-state index contributed by atoms with van der Waals surface area (Å²) in [7, 11) is -4.00. The van der Waals surface area contributed by atoms with Gasteiger partial charge in [-0.2, -0.15) is 9.57 Å². The minimum atomic E-state index is -4.00. The molecular weight excluding hydrogens is 284 g/mol. The first-order valence-electron chi connectivity index (χ1n) is 5.97. The van der Waals surface area contributed by atoms with Crippen molar-refractivity contribution in [3.05, 3.63) is 17.1 Å². The molecule has 0 saturated carbocycles. The average Bonchev–Trinajstić information content (AvgIpc) is 2.65. The molecule has 0 aliphatic rings. The number of aromatic carboxylic acids is 1. The van der Waals surface area contributed by atoms with Crippen molar-refractivity contribution in [3.8, 4) is 6.07 Å². The quantitative estimate of drug-likeness (QED) is 0.852. The molecule has 1 aromatic rings. The van der Waals surface area contributed by atoms with Gasteiger partial charge in [-0.15, -0.1) is 0 Å². The summed E-state index contributed by atoms with van der Waals surface area (Å²) in [5.74, 6) is -1.27. The van der Waals surface area contributed by atoms with Gasteiger partial charge in [0, 0.05) is 19.5 Å². The molecule has 1 rings (SSSR count). The molecule has 0 radical (unpaired) electrons. The molecule has 0 aliphatic carbocycles. The summed E-state index contributed by atoms with van der Waals surface area (Å²) in [4.78, 5) is 10.9. The van der Waals surface area contributed by atoms with E-state index in [0.717, 1.165) is 4.31 Å². The minimum absolute atomic E-state index is 0.0120. The van der Waals surface area contributed by atoms with E-state index in [9.17, 15) is 13.2 Å². The van der Waals surface area contributed by atoms with Crippen molar-refractivity contribution in [2.75, 3.05) is 13.1 Å². The number of carboxylic acids is 1. The van der Waals surface area contributed by atoms with E-state index in [4.69, 9.17) is 14.8 Å². The van der Waals surface area contributed by atoms with Crippen LogP contribution in [0.15, 0.2) is 9.31 Å². The highest BCUT2D eigenvalue weighted by Crippen LogP contribution is 2.29. The Kier molecular flexibility index (Phi) is 4.92. The highest BCUT2D eigenvalue weighted by molar-refractivity contribution is 7.89. The van der Waals surface area contributed by atoms with Gasteiger partial charge < -0.3 is 9.52 Å². The third kappa shape index (κ3) is 2.84. The molecule has 0 bridgehead atoms. The standard InChI is InChI=1S/C12H16N2O5S/c1-4-14(7-5-6-13)20(17,18)11-9(3)19-8(2)10(11)12(15)16/h4-5,7H2,1-3H3,(H,15,16). The second-order valence-electron chi connectivity index (χ2n) is 4.13. The molecule has 0 atom stereocenters. The molecule has 0 spiro atoms. The fourth-order valence-electron chi connectivity index (χ4n) is 1.97. The maximum atomic E-state index is 12.5. The number of rotatable bonds is 6. The summed E-state index contributed by atoms with van der Waals surface area (Å²) >= 11 is 0. The molecule has 110 valence electrons. The summed E-state index contributed by atoms with van der Waals surface area (Å²) < 4.78 is 31.3. The maximum absolute atomic E-state index is 12.5. The van der Waals surface area contributed by atoms with E-state index in [0.29, 0.717) is 0 Å². The van der Waals surface area contributed by atoms with E-state index < -0.39 is 16.0 Å². The first kappa shape index (κ1) is 16.2. The molecule has 0 saturated heterocycles. The fourth-order valence-corrected chi connectivity index (χ4v) is 3.80. The highest BCUT2D eigenvalue weighted by atomic mass is 32.2. The van der Waals surface area contributed by atoms with E-state index >= 15 is 0 Å². The van der Waals surface area contributed by atoms with Crippen LogP contribution in [0.25, 0.3) is 0 Å². The van der Waals surface area contributed by atoms with Crippen LogP contribution in [0.4, 0.5) is 0 Å². The van der Waals surface area contributed by atoms with Gasteiger partial charge in [-0.05, 0) is 13.8 Å². The molecule has 8 heteroatoms. The molecule has 1 N–H and O–H groups in total. The molecule has 1 aromatic heterocycles. The fraction of sp³-hybridized carbons (Fsp3) is 0.500. The van der Waals surface area contributed by atoms with Crippen LogP contribution in [0.5, 0.6) is 0 Å². The lowest BCUT2D eigenvalue weighted by Gasteiger charge is -2.19. The van der Waals surface area contributed by atoms with Gasteiger partial charge in [0.25, 0.3) is 0 Å². The van der Waals surface area contributed by atoms with Crippen LogP contribution in [-0.4, -0.2) is 36.9 Å². The smallest absolute Gasteiger partial charge is 0.340 e. The van der Waals surface area contributed by atoms with Gasteiger partial charge in [0.05, 0.1) is 6.07 Å². The van der Waals surface area contributed by atoms with Crippen molar-refractivity contribution in [1.82, 2.24) is 4.31 Å². The van der Waals surface area contributed by atoms with Gasteiger partial charge in [0.2, 0.25) is 10.0 Å². The second-order valence-corrected chi connectivity index (χ2v) is 6.00. The van der Waals surface area contributed by atoms with Gasteiger partial charge in [-0.1, -0.05) is 6.92 Å². The summed E-state index contributed by atoms with van der Waals surface area (Å²) in [6, 6.07) is 1.87. The van der Waals surface area contributed by atoms with Crippen molar-refractivity contribution < 1.29 is 22.7 Å². The molecule has 7 nitrogen and oxygen atoms in total. The van der Waals surface area contributed by atoms with Crippen LogP contribution in [0.1, 0.15) is 35.2 Å². The molecule has 1 heterocycles. The Bertz CT molecular complexity index is 654. The molecule has 0 fully saturated rings. The first-order valence-corrected chi connectivity index (χ1v) is 7.41. The number of furan rings is 1. The van der Waals surface area contributed by atoms with Gasteiger partial charge in [-0.3, -0.25) is 0 Å². The lowest BCUT2D eigenvalue weighted by Crippen LogP contribution is -2.32. The van der Waals surface area contributed by atoms with E-state index in [-0.39, 0.29) is 41.5 Å². The first-order chi connectivity index (χ1) is 9.27. The Morgan fingerprint density at radius 3 is 2.45 bits per heavy atom. The normalized spacial score (nSPS) is 11.6. The Morgan fingerprint density at radius 1 is 1.40 bits per heavy atom. The summed E-state index contributed by atoms with van der Waals surface area (Å²) in [6.45, 7) is 4.59. The van der Waals surface area contributed by atoms with Gasteiger partial charge >= 0.3 is 5.97 Å². The lowest BCUT2D eigenvalue weighted by atomic mass is 10.2. The summed E-state index contributed by atoms with van der Waals surface area (Å²) in [5.41, 5.74) is -0.349. The largest absolute Gasteiger partial charge is 0.478 e. The number of sulfonamides is 1. The molecule has 0 aromatic carbocycles. The number of hydrogen-bond donors (Lipinski definition) is 1. The van der Waals surface area contributed by atoms with Crippen LogP contribution in [0, 0.1) is 25.2 Å². The van der Waals surface area contributed by atoms with Crippen molar-refractivity contribution >= 4 is 16.0 Å². The van der Waals surface area contributed by atoms with Crippen molar-refractivity contribution in [3.63, 3.8) is 0 Å². The van der Waals surface area contributed by atoms with Crippen molar-refractivity contribution in [2.45, 2.75) is 32.1 Å². The Labute approximate surface area is 117 Å². The number of nitriles is 1. The zero-order valence-corrected chi connectivity index (χ0v) is 12.3. The third-order valence-electron chi connectivity index (χ3n) is 2.84. The van der Waals surface area contributed by atoms with Gasteiger partial charge in [-0.25, -0.2) is 13.2 Å². The molecule has 0 unspecified atom stereocenters. The minimum Gasteiger partial charge on any atom is -0.478 e. The maximum Gasteiger partial charge on any atom is 0.340 e. The number of nitrogens with zero attached hydrogens (tertiary/aromatic N) is 2. The van der Waals surface area contributed by atoms with Crippen LogP contribution in [-0.2, 0) is 10.0 Å². The van der Waals surface area contributed by atoms with E-state index in [2.05, 4.69) is 0 Å². The third-order valence-corrected chi connectivity index (χ3v) is 4.97. The van der Waals surface area contributed by atoms with E-state index in [1.165, 1.54) is 13.8 Å². The Balaban J connectivity index is 3.42. The predicted molar refractivity (Wildman–Crippen MR) is 69.8 cm³/mol. The molecular formula is C12H16N2O5S. The van der Waals surface area contributed by atoms with Crippen LogP contribution >= 0.6 is 0 Å². The molecule has 0 aliphatic heterocycles. The Hall–Kier alpha value is -1.85. The molecule has 20 heavy (non-hydrogen) atoms. The van der Waals surface area contributed by atoms with Gasteiger partial charge in [0.15, 0.2) is 0 Å². The zero-order chi connectivity index (χ0) is 15.5. The number of aryl methyl sites for hydroxylation is 2. The SMILES string of the molecule is CCN(CCC#N)S(=O)(=O)c1c(C)oc(C)c1C(=O)O. The van der Waals surface area contributed by atoms with Crippen LogP contribution < -0.4 is 0 Å². The highest BCUT2D eigenvalue weighted by Gasteiger charge is 2.34. The van der Waals surface area contributed by atoms with Crippen LogP contribution in [0.2, 0.25) is 0 Å². The predicted octanol–water partition coefficient (Wildman–Crippen LogP) is 1.52. The zero-order valence-electron chi connectivity index (χ0n) is 11.5. The average molecular weight is 300 g/mol. The van der Waals surface area contributed by atoms with Gasteiger partial charge in [0.1, 0.15) is 22.0 Å². The summed E-state index contributed by atoms with van der Waals surface area (Å²) in [5, 5.41) is 17.7. The number of carboxylic acid groups (broad SMARTS) is 1. The van der Waals surface area contributed by atoms with Crippen molar-refractivity contribution in [1.29, 1.82) is 5.26 Å². The van der Waals surface area contributed by atoms with Crippen molar-refractivity contribution in [2.24, 2.45) is 0 Å². The Morgan fingerprint density at radius 2 is 2.00 bits per heavy atom. The van der Waals surface area contributed by atoms with E-state index in [1.807, 2.05) is 6.07 Å². The molecule has 0 amide bonds. The lowest BCUT2D eigenvalue weighted by molar-refractivity contribution is 0.0691. The number of hydrogen-bond acceptors (Lipinski definition) is 5. The monoisotopic (exact) mass is 300 g/mol. The van der Waals surface area contributed by atoms with Crippen LogP contribution in [0.3, 0.4) is 0 Å².